The minimum atomic E-state index is -0.833. The number of ether oxygens (including phenoxy) is 3. The Hall–Kier alpha value is -4.20. The molecule has 2 aromatic heterocycles. The van der Waals surface area contributed by atoms with Crippen LogP contribution in [0.1, 0.15) is 50.9 Å². The third kappa shape index (κ3) is 7.66. The molecular weight excluding hydrogens is 494 g/mol. The molecule has 8 nitrogen and oxygen atoms in total. The van der Waals surface area contributed by atoms with E-state index in [1.54, 1.807) is 0 Å². The minimum absolute atomic E-state index is 0.360. The first kappa shape index (κ1) is 27.8. The summed E-state index contributed by atoms with van der Waals surface area (Å²) in [6, 6.07) is 21.0. The molecule has 206 valence electrons. The summed E-state index contributed by atoms with van der Waals surface area (Å²) in [4.78, 5) is 13.7. The molecule has 8 heteroatoms. The number of fused-ring (bicyclic) bond motifs is 3. The molecule has 0 aliphatic carbocycles. The average molecular weight is 532 g/mol. The third-order valence-electron chi connectivity index (χ3n) is 6.61. The maximum Gasteiger partial charge on any atom is 0.300 e. The van der Waals surface area contributed by atoms with E-state index < -0.39 is 5.97 Å². The lowest BCUT2D eigenvalue weighted by Gasteiger charge is -2.17. The summed E-state index contributed by atoms with van der Waals surface area (Å²) in [6.07, 6.45) is 6.44. The largest absolute Gasteiger partial charge is 0.493 e. The van der Waals surface area contributed by atoms with Crippen LogP contribution in [0.2, 0.25) is 0 Å². The Morgan fingerprint density at radius 2 is 1.87 bits per heavy atom. The van der Waals surface area contributed by atoms with E-state index in [9.17, 15) is 0 Å². The zero-order valence-corrected chi connectivity index (χ0v) is 22.9. The Balaban J connectivity index is 0.000000223. The zero-order valence-electron chi connectivity index (χ0n) is 22.9. The summed E-state index contributed by atoms with van der Waals surface area (Å²) in [6.45, 7) is 7.58. The molecule has 0 amide bonds. The number of rotatable bonds is 6. The number of anilines is 1. The number of para-hydroxylation sites is 2. The van der Waals surface area contributed by atoms with Gasteiger partial charge in [0.05, 0.1) is 6.61 Å². The minimum Gasteiger partial charge on any atom is -0.493 e. The molecule has 2 aliphatic rings. The molecule has 0 saturated heterocycles. The van der Waals surface area contributed by atoms with Crippen LogP contribution >= 0.6 is 0 Å². The maximum atomic E-state index is 9.00. The maximum absolute atomic E-state index is 9.00. The van der Waals surface area contributed by atoms with Crippen LogP contribution in [0.4, 0.5) is 5.82 Å². The monoisotopic (exact) mass is 531 g/mol. The van der Waals surface area contributed by atoms with Gasteiger partial charge in [-0.15, -0.1) is 0 Å². The van der Waals surface area contributed by atoms with E-state index in [0.717, 1.165) is 61.5 Å². The molecule has 0 radical (unpaired) electrons. The quantitative estimate of drug-likeness (QED) is 0.293. The molecule has 1 unspecified atom stereocenters. The molecular formula is C31H37N3O5. The van der Waals surface area contributed by atoms with Gasteiger partial charge in [0, 0.05) is 48.7 Å². The van der Waals surface area contributed by atoms with Gasteiger partial charge >= 0.3 is 0 Å². The van der Waals surface area contributed by atoms with Gasteiger partial charge in [-0.25, -0.2) is 4.98 Å². The van der Waals surface area contributed by atoms with Gasteiger partial charge in [0.2, 0.25) is 6.79 Å². The van der Waals surface area contributed by atoms with Crippen LogP contribution in [0.15, 0.2) is 66.9 Å². The smallest absolute Gasteiger partial charge is 0.300 e. The first-order chi connectivity index (χ1) is 18.9. The van der Waals surface area contributed by atoms with Gasteiger partial charge in [0.15, 0.2) is 11.5 Å². The van der Waals surface area contributed by atoms with Gasteiger partial charge in [0.25, 0.3) is 5.97 Å². The number of carboxylic acids is 1. The number of aliphatic carboxylic acids is 1. The highest BCUT2D eigenvalue weighted by Crippen LogP contribution is 2.30. The number of aromatic nitrogens is 2. The van der Waals surface area contributed by atoms with Gasteiger partial charge in [-0.3, -0.25) is 4.79 Å². The van der Waals surface area contributed by atoms with Crippen LogP contribution in [0, 0.1) is 0 Å². The Kier molecular flexibility index (Phi) is 9.67. The second kappa shape index (κ2) is 13.6. The molecule has 0 saturated carbocycles. The Labute approximate surface area is 229 Å². The summed E-state index contributed by atoms with van der Waals surface area (Å²) in [7, 11) is 0. The second-order valence-electron chi connectivity index (χ2n) is 9.51. The lowest BCUT2D eigenvalue weighted by atomic mass is 10.1. The predicted octanol–water partition coefficient (Wildman–Crippen LogP) is 6.49. The van der Waals surface area contributed by atoms with Gasteiger partial charge in [0.1, 0.15) is 11.6 Å². The zero-order chi connectivity index (χ0) is 27.6. The van der Waals surface area contributed by atoms with Gasteiger partial charge in [-0.1, -0.05) is 25.1 Å². The van der Waals surface area contributed by atoms with Crippen LogP contribution < -0.4 is 19.5 Å². The number of hydrogen-bond acceptors (Lipinski definition) is 6. The van der Waals surface area contributed by atoms with Crippen molar-refractivity contribution in [1.29, 1.82) is 0 Å². The second-order valence-corrected chi connectivity index (χ2v) is 9.51. The number of pyridine rings is 1. The number of benzene rings is 2. The lowest BCUT2D eigenvalue weighted by Crippen LogP contribution is -2.14. The fourth-order valence-electron chi connectivity index (χ4n) is 4.44. The van der Waals surface area contributed by atoms with Crippen molar-refractivity contribution in [3.05, 3.63) is 78.1 Å². The SMILES string of the molecule is CC(=O)O.CCC(C)n1ccc2cc(OCCc3ccc4c(n3)NCCC4)ccc21.c1ccc2c(c1)OCO2. The Morgan fingerprint density at radius 3 is 2.59 bits per heavy atom. The number of nitrogens with zero attached hydrogens (tertiary/aromatic N) is 2. The molecule has 2 N–H and O–H groups in total. The van der Waals surface area contributed by atoms with Crippen LogP contribution in [-0.2, 0) is 17.6 Å². The normalized spacial score (nSPS) is 13.6. The van der Waals surface area contributed by atoms with E-state index in [1.807, 2.05) is 24.3 Å². The summed E-state index contributed by atoms with van der Waals surface area (Å²) < 4.78 is 18.5. The predicted molar refractivity (Wildman–Crippen MR) is 153 cm³/mol. The molecule has 4 heterocycles. The van der Waals surface area contributed by atoms with Gasteiger partial charge in [-0.05, 0) is 74.2 Å². The van der Waals surface area contributed by atoms with E-state index in [-0.39, 0.29) is 0 Å². The highest BCUT2D eigenvalue weighted by Gasteiger charge is 2.11. The lowest BCUT2D eigenvalue weighted by molar-refractivity contribution is -0.134. The number of carbonyl (C=O) groups is 1. The fraction of sp³-hybridized carbons (Fsp3) is 0.355. The third-order valence-corrected chi connectivity index (χ3v) is 6.61. The molecule has 6 rings (SSSR count). The van der Waals surface area contributed by atoms with Crippen LogP contribution in [0.5, 0.6) is 17.2 Å². The highest BCUT2D eigenvalue weighted by molar-refractivity contribution is 5.81. The summed E-state index contributed by atoms with van der Waals surface area (Å²) >= 11 is 0. The van der Waals surface area contributed by atoms with E-state index in [1.165, 1.54) is 22.9 Å². The topological polar surface area (TPSA) is 94.8 Å². The summed E-state index contributed by atoms with van der Waals surface area (Å²) in [5, 5.41) is 12.0. The summed E-state index contributed by atoms with van der Waals surface area (Å²) in [5.74, 6) is 2.84. The molecule has 39 heavy (non-hydrogen) atoms. The van der Waals surface area contributed by atoms with E-state index >= 15 is 0 Å². The fourth-order valence-corrected chi connectivity index (χ4v) is 4.44. The van der Waals surface area contributed by atoms with Crippen molar-refractivity contribution in [1.82, 2.24) is 9.55 Å². The van der Waals surface area contributed by atoms with Gasteiger partial charge in [-0.2, -0.15) is 0 Å². The standard InChI is InChI=1S/C22H27N3O.C7H6O2.C2H4O2/c1-3-16(2)25-13-10-18-15-20(8-9-21(18)25)26-14-11-19-7-6-17-5-4-12-23-22(17)24-19;1-2-4-7-6(3-1)8-5-9-7;1-2(3)4/h6-10,13,15-16H,3-5,11-12,14H2,1-2H3,(H,23,24);1-4H,5H2;1H3,(H,3,4). The number of nitrogens with one attached hydrogen (secondary N) is 1. The molecule has 4 aromatic rings. The van der Waals surface area contributed by atoms with E-state index in [0.29, 0.717) is 19.4 Å². The highest BCUT2D eigenvalue weighted by atomic mass is 16.7. The Morgan fingerprint density at radius 1 is 1.13 bits per heavy atom. The van der Waals surface area contributed by atoms with E-state index in [2.05, 4.69) is 66.3 Å². The first-order valence-electron chi connectivity index (χ1n) is 13.4. The van der Waals surface area contributed by atoms with Crippen LogP contribution in [0.25, 0.3) is 10.9 Å². The van der Waals surface area contributed by atoms with Gasteiger partial charge < -0.3 is 29.2 Å². The first-order valence-corrected chi connectivity index (χ1v) is 13.4. The molecule has 0 bridgehead atoms. The van der Waals surface area contributed by atoms with Crippen molar-refractivity contribution in [3.63, 3.8) is 0 Å². The molecule has 2 aliphatic heterocycles. The number of hydrogen-bond donors (Lipinski definition) is 2. The molecule has 0 fully saturated rings. The summed E-state index contributed by atoms with van der Waals surface area (Å²) in [5.41, 5.74) is 3.69. The van der Waals surface area contributed by atoms with Crippen molar-refractivity contribution < 1.29 is 24.1 Å². The molecule has 0 spiro atoms. The van der Waals surface area contributed by atoms with Crippen molar-refractivity contribution in [2.75, 3.05) is 25.3 Å². The van der Waals surface area contributed by atoms with Crippen molar-refractivity contribution in [2.45, 2.75) is 52.5 Å². The van der Waals surface area contributed by atoms with E-state index in [4.69, 9.17) is 29.1 Å². The van der Waals surface area contributed by atoms with Crippen molar-refractivity contribution in [2.24, 2.45) is 0 Å². The van der Waals surface area contributed by atoms with Crippen LogP contribution in [-0.4, -0.2) is 40.6 Å². The number of aryl methyl sites for hydroxylation is 1. The molecule has 1 atom stereocenters. The number of carboxylic acid groups (broad SMARTS) is 1. The Bertz CT molecular complexity index is 1360. The van der Waals surface area contributed by atoms with Crippen molar-refractivity contribution >= 4 is 22.7 Å². The van der Waals surface area contributed by atoms with Crippen molar-refractivity contribution in [3.8, 4) is 17.2 Å². The average Bonchev–Trinajstić information content (AvgIpc) is 3.60. The molecule has 2 aromatic carbocycles. The van der Waals surface area contributed by atoms with Crippen LogP contribution in [0.3, 0.4) is 0 Å².